The maximum absolute atomic E-state index is 13.3. The van der Waals surface area contributed by atoms with Gasteiger partial charge in [0.05, 0.1) is 5.71 Å². The van der Waals surface area contributed by atoms with Gasteiger partial charge in [0.2, 0.25) is 0 Å². The highest BCUT2D eigenvalue weighted by molar-refractivity contribution is 5.97. The molecule has 0 bridgehead atoms. The van der Waals surface area contributed by atoms with Crippen molar-refractivity contribution in [2.45, 2.75) is 96.5 Å². The molecule has 2 saturated carbocycles. The summed E-state index contributed by atoms with van der Waals surface area (Å²) in [5, 5.41) is 13.0. The molecular formula is C33H42N2O4. The molecule has 4 aliphatic carbocycles. The molecule has 1 aromatic rings. The molecule has 0 radical (unpaired) electrons. The number of carbonyl (C=O) groups excluding carboxylic acids is 2. The van der Waals surface area contributed by atoms with Gasteiger partial charge in [-0.2, -0.15) is 0 Å². The Morgan fingerprint density at radius 1 is 1.03 bits per heavy atom. The standard InChI is InChI=1S/C33H42N2O4/c1-21(36)33(39-22(2)37)16-15-30-28-13-9-24-19-25(34-38)10-14-27(24)31(28)29(20-32(30,33)3)23-7-11-26(12-8-23)35-17-5-4-6-18-35/h7-8,11-12,19,28-30,38H,4-6,9-10,13-18,20H2,1-3H3/b34-25-/t28-,29+,30-,32-,33-/m0/s1. The van der Waals surface area contributed by atoms with Gasteiger partial charge in [-0.25, -0.2) is 0 Å². The van der Waals surface area contributed by atoms with Gasteiger partial charge in [-0.15, -0.1) is 0 Å². The fourth-order valence-electron chi connectivity index (χ4n) is 9.17. The van der Waals surface area contributed by atoms with Crippen LogP contribution >= 0.6 is 0 Å². The molecule has 1 N–H and O–H groups in total. The number of Topliss-reactive ketones (excluding diaryl/α,β-unsaturated/α-hetero) is 1. The highest BCUT2D eigenvalue weighted by Gasteiger charge is 2.67. The van der Waals surface area contributed by atoms with Gasteiger partial charge in [0, 0.05) is 37.0 Å². The Morgan fingerprint density at radius 3 is 2.44 bits per heavy atom. The average Bonchev–Trinajstić information content (AvgIpc) is 3.24. The lowest BCUT2D eigenvalue weighted by atomic mass is 9.50. The van der Waals surface area contributed by atoms with E-state index in [1.165, 1.54) is 54.2 Å². The van der Waals surface area contributed by atoms with E-state index in [2.05, 4.69) is 47.3 Å². The zero-order chi connectivity index (χ0) is 27.4. The van der Waals surface area contributed by atoms with E-state index >= 15 is 0 Å². The van der Waals surface area contributed by atoms with Crippen LogP contribution in [0.3, 0.4) is 0 Å². The van der Waals surface area contributed by atoms with Gasteiger partial charge in [-0.3, -0.25) is 9.59 Å². The lowest BCUT2D eigenvalue weighted by molar-refractivity contribution is -0.182. The van der Waals surface area contributed by atoms with Crippen LogP contribution < -0.4 is 4.90 Å². The maximum Gasteiger partial charge on any atom is 0.303 e. The number of hydrogen-bond acceptors (Lipinski definition) is 6. The van der Waals surface area contributed by atoms with E-state index in [1.54, 1.807) is 6.92 Å². The van der Waals surface area contributed by atoms with E-state index < -0.39 is 11.0 Å². The van der Waals surface area contributed by atoms with Crippen molar-refractivity contribution in [2.75, 3.05) is 18.0 Å². The molecule has 0 spiro atoms. The number of piperidine rings is 1. The molecule has 6 heteroatoms. The van der Waals surface area contributed by atoms with Crippen molar-refractivity contribution >= 4 is 23.2 Å². The van der Waals surface area contributed by atoms with Gasteiger partial charge in [0.15, 0.2) is 11.4 Å². The zero-order valence-corrected chi connectivity index (χ0v) is 23.7. The molecule has 6 rings (SSSR count). The molecule has 208 valence electrons. The van der Waals surface area contributed by atoms with Gasteiger partial charge in [-0.05, 0) is 118 Å². The molecule has 0 amide bonds. The lowest BCUT2D eigenvalue weighted by Crippen LogP contribution is -2.57. The molecule has 5 atom stereocenters. The molecular weight excluding hydrogens is 488 g/mol. The van der Waals surface area contributed by atoms with Crippen LogP contribution in [0, 0.1) is 17.3 Å². The van der Waals surface area contributed by atoms with Crippen molar-refractivity contribution in [3.05, 3.63) is 52.6 Å². The van der Waals surface area contributed by atoms with Gasteiger partial charge in [-0.1, -0.05) is 29.8 Å². The highest BCUT2D eigenvalue weighted by atomic mass is 16.6. The van der Waals surface area contributed by atoms with E-state index in [-0.39, 0.29) is 17.7 Å². The maximum atomic E-state index is 13.3. The van der Waals surface area contributed by atoms with E-state index in [0.29, 0.717) is 18.3 Å². The first-order valence-electron chi connectivity index (χ1n) is 15.0. The van der Waals surface area contributed by atoms with Crippen molar-refractivity contribution in [3.8, 4) is 0 Å². The van der Waals surface area contributed by atoms with E-state index in [0.717, 1.165) is 57.3 Å². The number of fused-ring (bicyclic) bond motifs is 4. The molecule has 0 aromatic heterocycles. The number of allylic oxidation sites excluding steroid dienone is 4. The minimum absolute atomic E-state index is 0.0177. The molecule has 3 fully saturated rings. The van der Waals surface area contributed by atoms with Crippen LogP contribution in [0.25, 0.3) is 0 Å². The number of carbonyl (C=O) groups is 2. The summed E-state index contributed by atoms with van der Waals surface area (Å²) in [5.74, 6) is 0.422. The number of esters is 1. The zero-order valence-electron chi connectivity index (χ0n) is 23.7. The normalized spacial score (nSPS) is 35.2. The van der Waals surface area contributed by atoms with Crippen molar-refractivity contribution in [1.82, 2.24) is 0 Å². The number of rotatable bonds is 4. The highest BCUT2D eigenvalue weighted by Crippen LogP contribution is 2.67. The Kier molecular flexibility index (Phi) is 6.71. The topological polar surface area (TPSA) is 79.2 Å². The minimum Gasteiger partial charge on any atom is -0.451 e. The molecule has 5 aliphatic rings. The number of hydrogen-bond donors (Lipinski definition) is 1. The summed E-state index contributed by atoms with van der Waals surface area (Å²) in [6, 6.07) is 9.18. The number of nitrogens with zero attached hydrogens (tertiary/aromatic N) is 2. The van der Waals surface area contributed by atoms with Crippen LogP contribution in [-0.2, 0) is 14.3 Å². The van der Waals surface area contributed by atoms with Crippen molar-refractivity contribution in [1.29, 1.82) is 0 Å². The second-order valence-electron chi connectivity index (χ2n) is 12.8. The minimum atomic E-state index is -1.06. The Bertz CT molecular complexity index is 1250. The smallest absolute Gasteiger partial charge is 0.303 e. The number of benzene rings is 1. The summed E-state index contributed by atoms with van der Waals surface area (Å²) in [4.78, 5) is 28.2. The third-order valence-corrected chi connectivity index (χ3v) is 10.9. The van der Waals surface area contributed by atoms with Gasteiger partial charge in [0.1, 0.15) is 0 Å². The number of ether oxygens (including phenoxy) is 1. The van der Waals surface area contributed by atoms with Crippen LogP contribution in [0.15, 0.2) is 52.2 Å². The fourth-order valence-corrected chi connectivity index (χ4v) is 9.17. The van der Waals surface area contributed by atoms with Crippen LogP contribution in [-0.4, -0.2) is 41.4 Å². The van der Waals surface area contributed by atoms with Gasteiger partial charge < -0.3 is 14.8 Å². The molecule has 39 heavy (non-hydrogen) atoms. The third kappa shape index (κ3) is 4.17. The Balaban J connectivity index is 1.46. The number of oxime groups is 1. The van der Waals surface area contributed by atoms with Crippen molar-refractivity contribution in [2.24, 2.45) is 22.4 Å². The number of ketones is 1. The quantitative estimate of drug-likeness (QED) is 0.265. The largest absolute Gasteiger partial charge is 0.451 e. The van der Waals surface area contributed by atoms with Crippen LogP contribution in [0.1, 0.15) is 96.5 Å². The summed E-state index contributed by atoms with van der Waals surface area (Å²) in [5.41, 5.74) is 6.14. The van der Waals surface area contributed by atoms with E-state index in [1.807, 2.05) is 0 Å². The summed E-state index contributed by atoms with van der Waals surface area (Å²) >= 11 is 0. The lowest BCUT2D eigenvalue weighted by Gasteiger charge is -2.55. The van der Waals surface area contributed by atoms with E-state index in [4.69, 9.17) is 4.74 Å². The van der Waals surface area contributed by atoms with Crippen LogP contribution in [0.2, 0.25) is 0 Å². The first-order chi connectivity index (χ1) is 18.8. The first-order valence-corrected chi connectivity index (χ1v) is 15.0. The predicted molar refractivity (Wildman–Crippen MR) is 152 cm³/mol. The SMILES string of the molecule is CC(=O)O[C@]1(C(C)=O)CC[C@H]2[C@@H]3CCC4=C/C(=N\O)CCC4=C3[C@@H](c3ccc(N4CCCCC4)cc3)C[C@@]21C. The second kappa shape index (κ2) is 9.94. The first kappa shape index (κ1) is 26.3. The summed E-state index contributed by atoms with van der Waals surface area (Å²) in [6.07, 6.45) is 11.8. The summed E-state index contributed by atoms with van der Waals surface area (Å²) in [7, 11) is 0. The molecule has 1 aliphatic heterocycles. The van der Waals surface area contributed by atoms with E-state index in [9.17, 15) is 14.8 Å². The monoisotopic (exact) mass is 530 g/mol. The molecule has 1 aromatic carbocycles. The molecule has 6 nitrogen and oxygen atoms in total. The third-order valence-electron chi connectivity index (χ3n) is 10.9. The van der Waals surface area contributed by atoms with Gasteiger partial charge >= 0.3 is 5.97 Å². The second-order valence-corrected chi connectivity index (χ2v) is 12.8. The summed E-state index contributed by atoms with van der Waals surface area (Å²) < 4.78 is 6.06. The molecule has 0 unspecified atom stereocenters. The van der Waals surface area contributed by atoms with Crippen LogP contribution in [0.4, 0.5) is 5.69 Å². The Labute approximate surface area is 232 Å². The predicted octanol–water partition coefficient (Wildman–Crippen LogP) is 6.73. The molecule has 1 saturated heterocycles. The fraction of sp³-hybridized carbons (Fsp3) is 0.606. The van der Waals surface area contributed by atoms with Crippen molar-refractivity contribution in [3.63, 3.8) is 0 Å². The summed E-state index contributed by atoms with van der Waals surface area (Å²) in [6.45, 7) is 7.52. The number of anilines is 1. The van der Waals surface area contributed by atoms with Crippen LogP contribution in [0.5, 0.6) is 0 Å². The molecule has 1 heterocycles. The Hall–Kier alpha value is -2.89. The van der Waals surface area contributed by atoms with Gasteiger partial charge in [0.25, 0.3) is 0 Å². The van der Waals surface area contributed by atoms with Crippen molar-refractivity contribution < 1.29 is 19.5 Å². The Morgan fingerprint density at radius 2 is 1.77 bits per heavy atom. The average molecular weight is 531 g/mol.